The summed E-state index contributed by atoms with van der Waals surface area (Å²) in [5.74, 6) is 0.669. The second-order valence-corrected chi connectivity index (χ2v) is 4.53. The van der Waals surface area contributed by atoms with E-state index >= 15 is 0 Å². The normalized spacial score (nSPS) is 11.4. The third-order valence-corrected chi connectivity index (χ3v) is 2.82. The van der Waals surface area contributed by atoms with Gasteiger partial charge in [-0.25, -0.2) is 0 Å². The molecule has 0 fully saturated rings. The van der Waals surface area contributed by atoms with E-state index in [0.717, 1.165) is 5.56 Å². The highest BCUT2D eigenvalue weighted by Crippen LogP contribution is 2.24. The van der Waals surface area contributed by atoms with Gasteiger partial charge in [0.15, 0.2) is 5.78 Å². The van der Waals surface area contributed by atoms with Gasteiger partial charge in [0.05, 0.1) is 0 Å². The first-order chi connectivity index (χ1) is 6.55. The number of halogens is 1. The van der Waals surface area contributed by atoms with Gasteiger partial charge in [0.25, 0.3) is 0 Å². The number of Topliss-reactive ketones (excluding diaryl/α,β-unsaturated/α-hetero) is 1. The number of hydrogen-bond donors (Lipinski definition) is 0. The molecule has 0 unspecified atom stereocenters. The lowest BCUT2D eigenvalue weighted by molar-refractivity contribution is 0.0941. The third kappa shape index (κ3) is 3.15. The van der Waals surface area contributed by atoms with Gasteiger partial charge in [-0.15, -0.1) is 11.6 Å². The molecule has 0 saturated carbocycles. The number of hydrogen-bond acceptors (Lipinski definition) is 1. The highest BCUT2D eigenvalue weighted by atomic mass is 35.5. The van der Waals surface area contributed by atoms with Crippen molar-refractivity contribution in [1.29, 1.82) is 0 Å². The first-order valence-electron chi connectivity index (χ1n) is 4.69. The first-order valence-corrected chi connectivity index (χ1v) is 5.23. The molecule has 0 amide bonds. The van der Waals surface area contributed by atoms with Crippen LogP contribution < -0.4 is 0 Å². The maximum absolute atomic E-state index is 11.8. The number of alkyl halides is 1. The molecule has 0 aliphatic carbocycles. The molecule has 0 aromatic heterocycles. The fourth-order valence-corrected chi connectivity index (χ4v) is 1.30. The molecule has 0 aliphatic heterocycles. The Morgan fingerprint density at radius 2 is 1.86 bits per heavy atom. The van der Waals surface area contributed by atoms with Crippen molar-refractivity contribution in [2.24, 2.45) is 5.41 Å². The molecule has 1 aromatic rings. The van der Waals surface area contributed by atoms with Crippen molar-refractivity contribution in [3.05, 3.63) is 35.9 Å². The Hall–Kier alpha value is -0.820. The molecule has 0 aliphatic rings. The minimum Gasteiger partial charge on any atom is -0.294 e. The molecule has 0 saturated heterocycles. The Morgan fingerprint density at radius 3 is 2.36 bits per heavy atom. The lowest BCUT2D eigenvalue weighted by atomic mass is 9.87. The molecule has 0 bridgehead atoms. The van der Waals surface area contributed by atoms with Crippen molar-refractivity contribution in [2.45, 2.75) is 20.3 Å². The van der Waals surface area contributed by atoms with Crippen LogP contribution in [-0.4, -0.2) is 11.7 Å². The Morgan fingerprint density at radius 1 is 1.29 bits per heavy atom. The van der Waals surface area contributed by atoms with Crippen LogP contribution in [0.1, 0.15) is 30.6 Å². The Labute approximate surface area is 90.1 Å². The van der Waals surface area contributed by atoms with Gasteiger partial charge in [-0.05, 0) is 5.41 Å². The van der Waals surface area contributed by atoms with Crippen molar-refractivity contribution in [1.82, 2.24) is 0 Å². The highest BCUT2D eigenvalue weighted by Gasteiger charge is 2.21. The molecule has 0 N–H and O–H groups in total. The summed E-state index contributed by atoms with van der Waals surface area (Å²) in [6, 6.07) is 9.34. The van der Waals surface area contributed by atoms with Crippen LogP contribution in [0.4, 0.5) is 0 Å². The maximum atomic E-state index is 11.8. The monoisotopic (exact) mass is 210 g/mol. The number of ketones is 1. The zero-order valence-corrected chi connectivity index (χ0v) is 9.34. The molecular formula is C12H15ClO. The second-order valence-electron chi connectivity index (χ2n) is 4.26. The van der Waals surface area contributed by atoms with Gasteiger partial charge in [-0.1, -0.05) is 44.2 Å². The van der Waals surface area contributed by atoms with Crippen molar-refractivity contribution in [3.63, 3.8) is 0 Å². The molecule has 0 heterocycles. The maximum Gasteiger partial charge on any atom is 0.163 e. The van der Waals surface area contributed by atoms with Gasteiger partial charge >= 0.3 is 0 Å². The van der Waals surface area contributed by atoms with Crippen LogP contribution in [0.25, 0.3) is 0 Å². The number of benzene rings is 1. The Kier molecular flexibility index (Phi) is 3.70. The predicted molar refractivity (Wildman–Crippen MR) is 59.9 cm³/mol. The van der Waals surface area contributed by atoms with E-state index in [4.69, 9.17) is 11.6 Å². The molecule has 1 rings (SSSR count). The van der Waals surface area contributed by atoms with E-state index in [1.807, 2.05) is 44.2 Å². The molecule has 0 spiro atoms. The van der Waals surface area contributed by atoms with Crippen LogP contribution in [0.2, 0.25) is 0 Å². The molecular weight excluding hydrogens is 196 g/mol. The van der Waals surface area contributed by atoms with E-state index in [-0.39, 0.29) is 11.2 Å². The minimum atomic E-state index is -0.117. The van der Waals surface area contributed by atoms with Crippen LogP contribution in [0.5, 0.6) is 0 Å². The molecule has 1 nitrogen and oxygen atoms in total. The Balaban J connectivity index is 2.69. The summed E-state index contributed by atoms with van der Waals surface area (Å²) in [6.45, 7) is 4.00. The number of rotatable bonds is 4. The van der Waals surface area contributed by atoms with E-state index in [2.05, 4.69) is 0 Å². The third-order valence-electron chi connectivity index (χ3n) is 2.10. The number of carbonyl (C=O) groups is 1. The van der Waals surface area contributed by atoms with Crippen LogP contribution >= 0.6 is 11.6 Å². The molecule has 0 atom stereocenters. The quantitative estimate of drug-likeness (QED) is 0.549. The van der Waals surface area contributed by atoms with Gasteiger partial charge < -0.3 is 0 Å². The van der Waals surface area contributed by atoms with E-state index in [0.29, 0.717) is 12.3 Å². The zero-order chi connectivity index (χ0) is 10.6. The predicted octanol–water partition coefficient (Wildman–Crippen LogP) is 3.52. The summed E-state index contributed by atoms with van der Waals surface area (Å²) in [5, 5.41) is 0. The average Bonchev–Trinajstić information content (AvgIpc) is 2.19. The lowest BCUT2D eigenvalue weighted by Crippen LogP contribution is -2.18. The van der Waals surface area contributed by atoms with E-state index in [1.54, 1.807) is 0 Å². The summed E-state index contributed by atoms with van der Waals surface area (Å²) in [5.41, 5.74) is 0.653. The van der Waals surface area contributed by atoms with Crippen LogP contribution in [0, 0.1) is 5.41 Å². The lowest BCUT2D eigenvalue weighted by Gasteiger charge is -2.19. The first kappa shape index (κ1) is 11.3. The van der Waals surface area contributed by atoms with Gasteiger partial charge in [0, 0.05) is 17.9 Å². The van der Waals surface area contributed by atoms with Gasteiger partial charge in [0.1, 0.15) is 0 Å². The molecule has 2 heteroatoms. The Bertz CT molecular complexity index is 303. The van der Waals surface area contributed by atoms with Crippen molar-refractivity contribution in [3.8, 4) is 0 Å². The fourth-order valence-electron chi connectivity index (χ4n) is 1.21. The standard InChI is InChI=1S/C12H15ClO/c1-12(2,9-13)8-11(14)10-6-4-3-5-7-10/h3-7H,8-9H2,1-2H3. The summed E-state index contributed by atoms with van der Waals surface area (Å²) < 4.78 is 0. The van der Waals surface area contributed by atoms with Gasteiger partial charge in [-0.3, -0.25) is 4.79 Å². The zero-order valence-electron chi connectivity index (χ0n) is 8.59. The average molecular weight is 211 g/mol. The SMILES string of the molecule is CC(C)(CCl)CC(=O)c1ccccc1. The van der Waals surface area contributed by atoms with E-state index in [9.17, 15) is 4.79 Å². The van der Waals surface area contributed by atoms with E-state index < -0.39 is 0 Å². The summed E-state index contributed by atoms with van der Waals surface area (Å²) in [6.07, 6.45) is 0.501. The second kappa shape index (κ2) is 4.61. The molecule has 0 radical (unpaired) electrons. The summed E-state index contributed by atoms with van der Waals surface area (Å²) in [7, 11) is 0. The molecule has 1 aromatic carbocycles. The van der Waals surface area contributed by atoms with E-state index in [1.165, 1.54) is 0 Å². The largest absolute Gasteiger partial charge is 0.294 e. The van der Waals surface area contributed by atoms with Gasteiger partial charge in [-0.2, -0.15) is 0 Å². The van der Waals surface area contributed by atoms with Gasteiger partial charge in [0.2, 0.25) is 0 Å². The van der Waals surface area contributed by atoms with Crippen molar-refractivity contribution >= 4 is 17.4 Å². The minimum absolute atomic E-state index is 0.117. The summed E-state index contributed by atoms with van der Waals surface area (Å²) >= 11 is 5.77. The molecule has 14 heavy (non-hydrogen) atoms. The van der Waals surface area contributed by atoms with Crippen molar-refractivity contribution < 1.29 is 4.79 Å². The topological polar surface area (TPSA) is 17.1 Å². The smallest absolute Gasteiger partial charge is 0.163 e. The number of carbonyl (C=O) groups excluding carboxylic acids is 1. The fraction of sp³-hybridized carbons (Fsp3) is 0.417. The summed E-state index contributed by atoms with van der Waals surface area (Å²) in [4.78, 5) is 11.8. The van der Waals surface area contributed by atoms with Crippen LogP contribution in [0.3, 0.4) is 0 Å². The van der Waals surface area contributed by atoms with Crippen molar-refractivity contribution in [2.75, 3.05) is 5.88 Å². The van der Waals surface area contributed by atoms with Crippen LogP contribution in [-0.2, 0) is 0 Å². The molecule has 76 valence electrons. The highest BCUT2D eigenvalue weighted by molar-refractivity contribution is 6.18. The van der Waals surface area contributed by atoms with Crippen LogP contribution in [0.15, 0.2) is 30.3 Å².